The van der Waals surface area contributed by atoms with Crippen LogP contribution in [0.5, 0.6) is 0 Å². The predicted octanol–water partition coefficient (Wildman–Crippen LogP) is 4.96. The van der Waals surface area contributed by atoms with Crippen LogP contribution in [0.4, 0.5) is 0 Å². The highest BCUT2D eigenvalue weighted by Gasteiger charge is 2.66. The highest BCUT2D eigenvalue weighted by atomic mass is 32.2. The van der Waals surface area contributed by atoms with Crippen LogP contribution >= 0.6 is 0 Å². The van der Waals surface area contributed by atoms with Crippen LogP contribution in [0.15, 0.2) is 77.5 Å². The summed E-state index contributed by atoms with van der Waals surface area (Å²) in [6.45, 7) is 5.91. The number of allylic oxidation sites excluding steroid dienone is 1. The zero-order valence-corrected chi connectivity index (χ0v) is 24.8. The van der Waals surface area contributed by atoms with Crippen molar-refractivity contribution in [2.24, 2.45) is 16.7 Å². The van der Waals surface area contributed by atoms with E-state index in [-0.39, 0.29) is 22.0 Å². The largest absolute Gasteiger partial charge is 0.467 e. The third kappa shape index (κ3) is 5.39. The molecule has 0 spiro atoms. The van der Waals surface area contributed by atoms with E-state index in [1.165, 1.54) is 13.2 Å². The Labute approximate surface area is 241 Å². The van der Waals surface area contributed by atoms with Gasteiger partial charge in [-0.3, -0.25) is 0 Å². The van der Waals surface area contributed by atoms with E-state index < -0.39 is 39.3 Å². The molecule has 2 bridgehead atoms. The molecule has 2 aromatic carbocycles. The average Bonchev–Trinajstić information content (AvgIpc) is 3.52. The summed E-state index contributed by atoms with van der Waals surface area (Å²) in [6, 6.07) is 15.6. The number of benzene rings is 2. The molecule has 8 nitrogen and oxygen atoms in total. The Hall–Kier alpha value is -3.59. The zero-order chi connectivity index (χ0) is 29.4. The van der Waals surface area contributed by atoms with Gasteiger partial charge in [0, 0.05) is 40.7 Å². The Balaban J connectivity index is 1.32. The van der Waals surface area contributed by atoms with Crippen LogP contribution in [0.2, 0.25) is 0 Å². The number of H-pyrrole nitrogens is 1. The monoisotopic (exact) mass is 578 g/mol. The van der Waals surface area contributed by atoms with Crippen molar-refractivity contribution in [2.45, 2.75) is 63.5 Å². The molecule has 1 heterocycles. The van der Waals surface area contributed by atoms with Crippen molar-refractivity contribution < 1.29 is 27.5 Å². The van der Waals surface area contributed by atoms with Crippen molar-refractivity contribution in [3.8, 4) is 0 Å². The molecule has 2 saturated carbocycles. The minimum Gasteiger partial charge on any atom is -0.467 e. The minimum atomic E-state index is -3.59. The number of ether oxygens (including phenoxy) is 2. The summed E-state index contributed by atoms with van der Waals surface area (Å²) in [5.41, 5.74) is 1.40. The van der Waals surface area contributed by atoms with Crippen LogP contribution in [0.25, 0.3) is 10.9 Å². The Morgan fingerprint density at radius 1 is 1.12 bits per heavy atom. The SMILES string of the molecule is COC(=O)[C@@H](Cc1c[nH]c2ccccc12)N/C(C)=C\C(=O)O[C@@H]1C[C@H]2CC[C@]1(CS(=O)(=O)c1ccccc1)C2(C)C. The maximum absolute atomic E-state index is 13.5. The fraction of sp³-hybridized carbons (Fsp3) is 0.438. The van der Waals surface area contributed by atoms with Gasteiger partial charge in [-0.25, -0.2) is 18.0 Å². The van der Waals surface area contributed by atoms with Crippen LogP contribution in [-0.4, -0.2) is 50.3 Å². The molecule has 3 aromatic rings. The van der Waals surface area contributed by atoms with Crippen LogP contribution in [0.3, 0.4) is 0 Å². The van der Waals surface area contributed by atoms with Gasteiger partial charge in [0.05, 0.1) is 17.8 Å². The Kier molecular flexibility index (Phi) is 7.76. The second-order valence-electron chi connectivity index (χ2n) is 12.0. The van der Waals surface area contributed by atoms with E-state index in [0.29, 0.717) is 25.0 Å². The predicted molar refractivity (Wildman–Crippen MR) is 157 cm³/mol. The number of carbonyl (C=O) groups excluding carboxylic acids is 2. The summed E-state index contributed by atoms with van der Waals surface area (Å²) in [4.78, 5) is 29.3. The van der Waals surface area contributed by atoms with Crippen LogP contribution < -0.4 is 5.32 Å². The van der Waals surface area contributed by atoms with E-state index in [0.717, 1.165) is 22.9 Å². The van der Waals surface area contributed by atoms with Crippen LogP contribution in [0, 0.1) is 16.7 Å². The normalized spacial score (nSPS) is 24.2. The molecule has 2 aliphatic rings. The number of para-hydroxylation sites is 1. The molecule has 4 atom stereocenters. The fourth-order valence-corrected chi connectivity index (χ4v) is 9.20. The second-order valence-corrected chi connectivity index (χ2v) is 13.9. The van der Waals surface area contributed by atoms with Gasteiger partial charge in [-0.1, -0.05) is 50.2 Å². The molecule has 0 radical (unpaired) electrons. The molecule has 0 amide bonds. The Morgan fingerprint density at radius 2 is 1.83 bits per heavy atom. The average molecular weight is 579 g/mol. The van der Waals surface area contributed by atoms with Crippen molar-refractivity contribution in [3.63, 3.8) is 0 Å². The smallest absolute Gasteiger partial charge is 0.332 e. The van der Waals surface area contributed by atoms with Crippen molar-refractivity contribution in [1.82, 2.24) is 10.3 Å². The van der Waals surface area contributed by atoms with Gasteiger partial charge in [0.25, 0.3) is 0 Å². The lowest BCUT2D eigenvalue weighted by atomic mass is 9.69. The molecular weight excluding hydrogens is 540 g/mol. The number of esters is 2. The maximum Gasteiger partial charge on any atom is 0.332 e. The van der Waals surface area contributed by atoms with Gasteiger partial charge >= 0.3 is 11.9 Å². The number of fused-ring (bicyclic) bond motifs is 3. The number of aromatic amines is 1. The van der Waals surface area contributed by atoms with Crippen LogP contribution in [0.1, 0.15) is 45.6 Å². The zero-order valence-electron chi connectivity index (χ0n) is 24.0. The first kappa shape index (κ1) is 28.9. The highest BCUT2D eigenvalue weighted by molar-refractivity contribution is 7.91. The molecule has 41 heavy (non-hydrogen) atoms. The van der Waals surface area contributed by atoms with E-state index >= 15 is 0 Å². The highest BCUT2D eigenvalue weighted by Crippen LogP contribution is 2.67. The van der Waals surface area contributed by atoms with Crippen molar-refractivity contribution >= 4 is 32.7 Å². The number of hydrogen-bond donors (Lipinski definition) is 2. The summed E-state index contributed by atoms with van der Waals surface area (Å²) in [5.74, 6) is -0.803. The molecule has 2 N–H and O–H groups in total. The van der Waals surface area contributed by atoms with Gasteiger partial charge in [-0.05, 0) is 61.3 Å². The first-order valence-corrected chi connectivity index (χ1v) is 15.7. The van der Waals surface area contributed by atoms with Gasteiger partial charge in [-0.15, -0.1) is 0 Å². The molecule has 2 fully saturated rings. The van der Waals surface area contributed by atoms with Gasteiger partial charge in [-0.2, -0.15) is 0 Å². The third-order valence-corrected chi connectivity index (χ3v) is 11.4. The van der Waals surface area contributed by atoms with E-state index in [1.54, 1.807) is 37.3 Å². The molecule has 0 aliphatic heterocycles. The molecule has 2 aliphatic carbocycles. The number of rotatable bonds is 10. The van der Waals surface area contributed by atoms with Crippen molar-refractivity contribution in [1.29, 1.82) is 0 Å². The van der Waals surface area contributed by atoms with E-state index in [4.69, 9.17) is 9.47 Å². The third-order valence-electron chi connectivity index (χ3n) is 9.49. The standard InChI is InChI=1S/C32H38N2O6S/c1-21(34-27(30(36)39-4)17-22-19-33-26-13-9-8-12-25(22)26)16-29(35)40-28-18-23-14-15-32(28,31(23,2)3)20-41(37,38)24-10-6-5-7-11-24/h5-13,16,19,23,27-28,33-34H,14-15,17-18,20H2,1-4H3/b21-16-/t23-,27-,28-,32-/m1/s1. The van der Waals surface area contributed by atoms with E-state index in [2.05, 4.69) is 24.1 Å². The Bertz CT molecular complexity index is 1580. The lowest BCUT2D eigenvalue weighted by Gasteiger charge is -2.41. The summed E-state index contributed by atoms with van der Waals surface area (Å²) in [6.07, 6.45) is 5.28. The molecule has 0 unspecified atom stereocenters. The van der Waals surface area contributed by atoms with Crippen LogP contribution in [-0.2, 0) is 35.3 Å². The van der Waals surface area contributed by atoms with E-state index in [9.17, 15) is 18.0 Å². The molecule has 1 aromatic heterocycles. The van der Waals surface area contributed by atoms with Gasteiger partial charge in [0.1, 0.15) is 12.1 Å². The maximum atomic E-state index is 13.5. The van der Waals surface area contributed by atoms with Gasteiger partial charge in [0.15, 0.2) is 9.84 Å². The number of carbonyl (C=O) groups is 2. The molecule has 9 heteroatoms. The first-order chi connectivity index (χ1) is 19.5. The summed E-state index contributed by atoms with van der Waals surface area (Å²) < 4.78 is 38.0. The lowest BCUT2D eigenvalue weighted by molar-refractivity contribution is -0.150. The number of nitrogens with one attached hydrogen (secondary N) is 2. The molecule has 0 saturated heterocycles. The molecule has 218 valence electrons. The topological polar surface area (TPSA) is 115 Å². The Morgan fingerprint density at radius 3 is 2.54 bits per heavy atom. The number of sulfone groups is 1. The minimum absolute atomic E-state index is 0.0680. The summed E-state index contributed by atoms with van der Waals surface area (Å²) in [5, 5.41) is 4.13. The lowest BCUT2D eigenvalue weighted by Crippen LogP contribution is -2.46. The van der Waals surface area contributed by atoms with E-state index in [1.807, 2.05) is 30.5 Å². The van der Waals surface area contributed by atoms with Gasteiger partial charge in [0.2, 0.25) is 0 Å². The fourth-order valence-electron chi connectivity index (χ4n) is 7.08. The number of hydrogen-bond acceptors (Lipinski definition) is 7. The summed E-state index contributed by atoms with van der Waals surface area (Å²) >= 11 is 0. The first-order valence-electron chi connectivity index (χ1n) is 14.0. The number of aromatic nitrogens is 1. The number of methoxy groups -OCH3 is 1. The van der Waals surface area contributed by atoms with Crippen molar-refractivity contribution in [2.75, 3.05) is 12.9 Å². The summed E-state index contributed by atoms with van der Waals surface area (Å²) in [7, 11) is -2.26. The van der Waals surface area contributed by atoms with Gasteiger partial charge < -0.3 is 19.8 Å². The molecular formula is C32H38N2O6S. The second kappa shape index (κ2) is 11.0. The quantitative estimate of drug-likeness (QED) is 0.258. The molecule has 5 rings (SSSR count). The van der Waals surface area contributed by atoms with Crippen molar-refractivity contribution in [3.05, 3.63) is 78.1 Å².